The van der Waals surface area contributed by atoms with Crippen LogP contribution >= 0.6 is 11.3 Å². The molecule has 0 spiro atoms. The van der Waals surface area contributed by atoms with Crippen molar-refractivity contribution in [3.63, 3.8) is 0 Å². The minimum Gasteiger partial charge on any atom is -0.465 e. The van der Waals surface area contributed by atoms with E-state index in [1.807, 2.05) is 6.92 Å². The van der Waals surface area contributed by atoms with Gasteiger partial charge in [0.25, 0.3) is 0 Å². The molecule has 0 saturated carbocycles. The Bertz CT molecular complexity index is 802. The van der Waals surface area contributed by atoms with Crippen molar-refractivity contribution < 1.29 is 14.3 Å². The molecule has 1 aliphatic rings. The van der Waals surface area contributed by atoms with Crippen molar-refractivity contribution in [3.05, 3.63) is 16.3 Å². The van der Waals surface area contributed by atoms with Gasteiger partial charge in [0.2, 0.25) is 5.91 Å². The third-order valence-electron chi connectivity index (χ3n) is 4.12. The average Bonchev–Trinajstić information content (AvgIpc) is 2.74. The predicted molar refractivity (Wildman–Crippen MR) is 92.5 cm³/mol. The van der Waals surface area contributed by atoms with E-state index in [1.165, 1.54) is 18.4 Å². The molecule has 3 heterocycles. The lowest BCUT2D eigenvalue weighted by molar-refractivity contribution is -0.121. The molecule has 24 heavy (non-hydrogen) atoms. The van der Waals surface area contributed by atoms with Crippen LogP contribution in [0.2, 0.25) is 0 Å². The standard InChI is InChI=1S/C16H20N4O3S/c1-8-11-13(20-10-6-4-5-7-17-14(10)21)18-9(2)19-15(11)24-12(8)16(22)23-3/h10H,4-7H2,1-3H3,(H,17,21)(H,18,19,20)/t10-/m1/s1. The molecule has 8 heteroatoms. The minimum absolute atomic E-state index is 0.0158. The molecular weight excluding hydrogens is 328 g/mol. The number of methoxy groups -OCH3 is 1. The van der Waals surface area contributed by atoms with Crippen molar-refractivity contribution in [1.82, 2.24) is 15.3 Å². The molecule has 2 aromatic heterocycles. The molecule has 0 bridgehead atoms. The summed E-state index contributed by atoms with van der Waals surface area (Å²) in [5, 5.41) is 6.95. The van der Waals surface area contributed by atoms with Gasteiger partial charge in [0, 0.05) is 6.54 Å². The number of esters is 1. The Morgan fingerprint density at radius 2 is 2.12 bits per heavy atom. The number of hydrogen-bond donors (Lipinski definition) is 2. The molecule has 1 fully saturated rings. The van der Waals surface area contributed by atoms with Crippen molar-refractivity contribution >= 4 is 39.2 Å². The summed E-state index contributed by atoms with van der Waals surface area (Å²) in [5.74, 6) is 0.796. The lowest BCUT2D eigenvalue weighted by Crippen LogP contribution is -2.38. The Balaban J connectivity index is 2.04. The Hall–Kier alpha value is -2.22. The first-order valence-electron chi connectivity index (χ1n) is 7.91. The van der Waals surface area contributed by atoms with Crippen molar-refractivity contribution in [3.8, 4) is 0 Å². The SMILES string of the molecule is COC(=O)c1sc2nc(C)nc(N[C@@H]3CCCCNC3=O)c2c1C. The fourth-order valence-electron chi connectivity index (χ4n) is 2.88. The monoisotopic (exact) mass is 348 g/mol. The first-order chi connectivity index (χ1) is 11.5. The highest BCUT2D eigenvalue weighted by Crippen LogP contribution is 2.34. The number of fused-ring (bicyclic) bond motifs is 1. The van der Waals surface area contributed by atoms with Crippen molar-refractivity contribution in [2.24, 2.45) is 0 Å². The molecule has 1 atom stereocenters. The molecule has 1 saturated heterocycles. The van der Waals surface area contributed by atoms with Gasteiger partial charge in [-0.25, -0.2) is 14.8 Å². The number of hydrogen-bond acceptors (Lipinski definition) is 7. The van der Waals surface area contributed by atoms with Crippen LogP contribution in [0.4, 0.5) is 5.82 Å². The number of thiophene rings is 1. The topological polar surface area (TPSA) is 93.2 Å². The van der Waals surface area contributed by atoms with Gasteiger partial charge < -0.3 is 15.4 Å². The maximum atomic E-state index is 12.2. The van der Waals surface area contributed by atoms with Gasteiger partial charge in [-0.1, -0.05) is 0 Å². The molecular formula is C16H20N4O3S. The molecule has 2 aromatic rings. The second-order valence-electron chi connectivity index (χ2n) is 5.83. The van der Waals surface area contributed by atoms with E-state index in [0.29, 0.717) is 23.1 Å². The summed E-state index contributed by atoms with van der Waals surface area (Å²) in [5.41, 5.74) is 0.776. The number of nitrogens with one attached hydrogen (secondary N) is 2. The number of aromatic nitrogens is 2. The van der Waals surface area contributed by atoms with Gasteiger partial charge in [0.1, 0.15) is 27.4 Å². The van der Waals surface area contributed by atoms with Crippen LogP contribution < -0.4 is 10.6 Å². The largest absolute Gasteiger partial charge is 0.465 e. The molecule has 0 unspecified atom stereocenters. The summed E-state index contributed by atoms with van der Waals surface area (Å²) in [4.78, 5) is 34.3. The summed E-state index contributed by atoms with van der Waals surface area (Å²) in [6.45, 7) is 4.35. The number of carbonyl (C=O) groups is 2. The Morgan fingerprint density at radius 3 is 2.88 bits per heavy atom. The maximum Gasteiger partial charge on any atom is 0.348 e. The van der Waals surface area contributed by atoms with Gasteiger partial charge in [0.15, 0.2) is 0 Å². The third-order valence-corrected chi connectivity index (χ3v) is 5.28. The predicted octanol–water partition coefficient (Wildman–Crippen LogP) is 2.18. The Kier molecular flexibility index (Phi) is 4.66. The van der Waals surface area contributed by atoms with Gasteiger partial charge in [-0.3, -0.25) is 4.79 Å². The number of amides is 1. The normalized spacial score (nSPS) is 18.1. The van der Waals surface area contributed by atoms with E-state index in [4.69, 9.17) is 4.74 Å². The molecule has 2 N–H and O–H groups in total. The van der Waals surface area contributed by atoms with E-state index < -0.39 is 0 Å². The highest BCUT2D eigenvalue weighted by atomic mass is 32.1. The average molecular weight is 348 g/mol. The third kappa shape index (κ3) is 3.06. The lowest BCUT2D eigenvalue weighted by Gasteiger charge is -2.17. The van der Waals surface area contributed by atoms with E-state index in [9.17, 15) is 9.59 Å². The van der Waals surface area contributed by atoms with E-state index in [0.717, 1.165) is 35.0 Å². The summed E-state index contributed by atoms with van der Waals surface area (Å²) in [6.07, 6.45) is 2.70. The Labute approximate surface area is 143 Å². The zero-order valence-corrected chi connectivity index (χ0v) is 14.7. The first-order valence-corrected chi connectivity index (χ1v) is 8.73. The fraction of sp³-hybridized carbons (Fsp3) is 0.500. The maximum absolute atomic E-state index is 12.2. The molecule has 0 radical (unpaired) electrons. The van der Waals surface area contributed by atoms with Crippen molar-refractivity contribution in [2.75, 3.05) is 19.0 Å². The summed E-state index contributed by atoms with van der Waals surface area (Å²) < 4.78 is 4.84. The van der Waals surface area contributed by atoms with Crippen LogP contribution in [0.5, 0.6) is 0 Å². The number of aryl methyl sites for hydroxylation is 2. The highest BCUT2D eigenvalue weighted by molar-refractivity contribution is 7.20. The van der Waals surface area contributed by atoms with Gasteiger partial charge in [-0.15, -0.1) is 11.3 Å². The fourth-order valence-corrected chi connectivity index (χ4v) is 4.02. The Morgan fingerprint density at radius 1 is 1.33 bits per heavy atom. The van der Waals surface area contributed by atoms with Gasteiger partial charge in [-0.05, 0) is 38.7 Å². The zero-order valence-electron chi connectivity index (χ0n) is 13.9. The van der Waals surface area contributed by atoms with Crippen LogP contribution in [0.15, 0.2) is 0 Å². The van der Waals surface area contributed by atoms with E-state index >= 15 is 0 Å². The van der Waals surface area contributed by atoms with Gasteiger partial charge in [0.05, 0.1) is 12.5 Å². The summed E-state index contributed by atoms with van der Waals surface area (Å²) in [6, 6.07) is -0.328. The van der Waals surface area contributed by atoms with Gasteiger partial charge >= 0.3 is 5.97 Å². The number of carbonyl (C=O) groups excluding carboxylic acids is 2. The first kappa shape index (κ1) is 16.6. The van der Waals surface area contributed by atoms with Crippen LogP contribution in [0.1, 0.15) is 40.3 Å². The molecule has 128 valence electrons. The highest BCUT2D eigenvalue weighted by Gasteiger charge is 2.25. The number of ether oxygens (including phenoxy) is 1. The van der Waals surface area contributed by atoms with E-state index in [2.05, 4.69) is 20.6 Å². The van der Waals surface area contributed by atoms with Crippen molar-refractivity contribution in [2.45, 2.75) is 39.2 Å². The second-order valence-corrected chi connectivity index (χ2v) is 6.83. The van der Waals surface area contributed by atoms with Crippen LogP contribution in [0.25, 0.3) is 10.2 Å². The van der Waals surface area contributed by atoms with Crippen molar-refractivity contribution in [1.29, 1.82) is 0 Å². The molecule has 1 aliphatic heterocycles. The summed E-state index contributed by atoms with van der Waals surface area (Å²) >= 11 is 1.29. The number of rotatable bonds is 3. The van der Waals surface area contributed by atoms with Crippen LogP contribution in [0, 0.1) is 13.8 Å². The molecule has 1 amide bonds. The van der Waals surface area contributed by atoms with Gasteiger partial charge in [-0.2, -0.15) is 0 Å². The number of nitrogens with zero attached hydrogens (tertiary/aromatic N) is 2. The van der Waals surface area contributed by atoms with Crippen LogP contribution in [0.3, 0.4) is 0 Å². The van der Waals surface area contributed by atoms with E-state index in [1.54, 1.807) is 6.92 Å². The van der Waals surface area contributed by atoms with E-state index in [-0.39, 0.29) is 17.9 Å². The number of anilines is 1. The molecule has 7 nitrogen and oxygen atoms in total. The second kappa shape index (κ2) is 6.72. The molecule has 0 aromatic carbocycles. The van der Waals surface area contributed by atoms with Crippen LogP contribution in [-0.4, -0.2) is 41.5 Å². The molecule has 3 rings (SSSR count). The lowest BCUT2D eigenvalue weighted by atomic mass is 10.1. The molecule has 0 aliphatic carbocycles. The minimum atomic E-state index is -0.383. The quantitative estimate of drug-likeness (QED) is 0.826. The summed E-state index contributed by atoms with van der Waals surface area (Å²) in [7, 11) is 1.36. The smallest absolute Gasteiger partial charge is 0.348 e. The zero-order chi connectivity index (χ0) is 17.3. The van der Waals surface area contributed by atoms with Crippen LogP contribution in [-0.2, 0) is 9.53 Å².